The van der Waals surface area contributed by atoms with Crippen LogP contribution in [0.15, 0.2) is 60.1 Å². The molecule has 1 aliphatic heterocycles. The van der Waals surface area contributed by atoms with E-state index >= 15 is 0 Å². The number of nitrogens with zero attached hydrogens (tertiary/aromatic N) is 3. The van der Waals surface area contributed by atoms with Gasteiger partial charge in [0.15, 0.2) is 0 Å². The molecule has 5 rings (SSSR count). The van der Waals surface area contributed by atoms with E-state index < -0.39 is 5.92 Å². The van der Waals surface area contributed by atoms with E-state index in [1.807, 2.05) is 0 Å². The number of nitrogens with two attached hydrogens (primary N) is 1. The number of nitriles is 1. The van der Waals surface area contributed by atoms with Crippen molar-refractivity contribution in [3.63, 3.8) is 0 Å². The number of rotatable bonds is 3. The maximum absolute atomic E-state index is 13.5. The molecule has 1 unspecified atom stereocenters. The van der Waals surface area contributed by atoms with Gasteiger partial charge in [0.1, 0.15) is 17.5 Å². The minimum absolute atomic E-state index is 0.0524. The van der Waals surface area contributed by atoms with Crippen molar-refractivity contribution < 1.29 is 9.13 Å². The molecule has 0 radical (unpaired) electrons. The van der Waals surface area contributed by atoms with Gasteiger partial charge in [-0.15, -0.1) is 5.10 Å². The van der Waals surface area contributed by atoms with Crippen LogP contribution < -0.4 is 10.5 Å². The van der Waals surface area contributed by atoms with Crippen molar-refractivity contribution in [2.45, 2.75) is 5.92 Å². The van der Waals surface area contributed by atoms with Crippen LogP contribution in [0, 0.1) is 17.1 Å². The predicted octanol–water partition coefficient (Wildman–Crippen LogP) is 5.13. The molecule has 0 fully saturated rings. The van der Waals surface area contributed by atoms with Gasteiger partial charge >= 0.3 is 0 Å². The van der Waals surface area contributed by atoms with Gasteiger partial charge in [0.25, 0.3) is 0 Å². The van der Waals surface area contributed by atoms with Gasteiger partial charge in [-0.3, -0.25) is 10.2 Å². The Morgan fingerprint density at radius 1 is 1.03 bits per heavy atom. The van der Waals surface area contributed by atoms with Gasteiger partial charge < -0.3 is 10.5 Å². The van der Waals surface area contributed by atoms with Crippen LogP contribution in [0.5, 0.6) is 5.88 Å². The first-order valence-corrected chi connectivity index (χ1v) is 10.1. The maximum atomic E-state index is 13.5. The minimum atomic E-state index is -0.647. The van der Waals surface area contributed by atoms with E-state index in [1.165, 1.54) is 12.1 Å². The highest BCUT2D eigenvalue weighted by molar-refractivity contribution is 6.42. The minimum Gasteiger partial charge on any atom is -0.420 e. The fraction of sp³-hybridized carbons (Fsp3) is 0.0455. The van der Waals surface area contributed by atoms with Crippen LogP contribution >= 0.6 is 23.2 Å². The van der Waals surface area contributed by atoms with Crippen molar-refractivity contribution in [1.29, 1.82) is 5.26 Å². The fourth-order valence-corrected chi connectivity index (χ4v) is 4.09. The van der Waals surface area contributed by atoms with Crippen LogP contribution in [0.3, 0.4) is 0 Å². The van der Waals surface area contributed by atoms with Gasteiger partial charge in [0, 0.05) is 16.7 Å². The Morgan fingerprint density at radius 2 is 1.78 bits per heavy atom. The van der Waals surface area contributed by atoms with Gasteiger partial charge in [0.2, 0.25) is 11.8 Å². The molecule has 0 saturated heterocycles. The summed E-state index contributed by atoms with van der Waals surface area (Å²) >= 11 is 12.3. The lowest BCUT2D eigenvalue weighted by molar-refractivity contribution is 0.379. The molecule has 158 valence electrons. The summed E-state index contributed by atoms with van der Waals surface area (Å²) in [7, 11) is 0. The van der Waals surface area contributed by atoms with Crippen LogP contribution in [0.1, 0.15) is 17.0 Å². The molecule has 1 atom stereocenters. The predicted molar refractivity (Wildman–Crippen MR) is 117 cm³/mol. The summed E-state index contributed by atoms with van der Waals surface area (Å²) in [6.07, 6.45) is 1.61. The Labute approximate surface area is 191 Å². The molecule has 0 spiro atoms. The number of H-pyrrole nitrogens is 2. The number of ether oxygens (including phenoxy) is 1. The van der Waals surface area contributed by atoms with Crippen molar-refractivity contribution in [3.05, 3.63) is 87.1 Å². The third kappa shape index (κ3) is 3.19. The Balaban J connectivity index is 1.73. The number of aromatic nitrogens is 4. The highest BCUT2D eigenvalue weighted by atomic mass is 35.5. The first-order chi connectivity index (χ1) is 15.5. The number of nitrogens with one attached hydrogen (secondary N) is 2. The largest absolute Gasteiger partial charge is 0.420 e. The summed E-state index contributed by atoms with van der Waals surface area (Å²) in [6, 6.07) is 13.2. The molecule has 7 nitrogen and oxygen atoms in total. The van der Waals surface area contributed by atoms with Crippen LogP contribution in [0.2, 0.25) is 10.0 Å². The molecule has 1 aliphatic rings. The lowest BCUT2D eigenvalue weighted by Crippen LogP contribution is -2.21. The Hall–Kier alpha value is -3.80. The molecule has 3 heterocycles. The Bertz CT molecular complexity index is 1420. The number of aromatic amines is 2. The molecule has 4 aromatic rings. The Morgan fingerprint density at radius 3 is 2.50 bits per heavy atom. The zero-order chi connectivity index (χ0) is 22.4. The zero-order valence-corrected chi connectivity index (χ0v) is 17.7. The molecule has 32 heavy (non-hydrogen) atoms. The third-order valence-electron chi connectivity index (χ3n) is 5.26. The molecule has 2 aromatic heterocycles. The van der Waals surface area contributed by atoms with Gasteiger partial charge in [-0.05, 0) is 36.4 Å². The lowest BCUT2D eigenvalue weighted by Gasteiger charge is -2.24. The van der Waals surface area contributed by atoms with Crippen LogP contribution in [0.25, 0.3) is 22.5 Å². The lowest BCUT2D eigenvalue weighted by atomic mass is 9.82. The normalized spacial score (nSPS) is 15.2. The second kappa shape index (κ2) is 7.71. The van der Waals surface area contributed by atoms with E-state index in [0.29, 0.717) is 43.7 Å². The maximum Gasteiger partial charge on any atom is 0.244 e. The van der Waals surface area contributed by atoms with E-state index in [4.69, 9.17) is 33.7 Å². The molecule has 0 amide bonds. The number of hydrogen-bond acceptors (Lipinski definition) is 5. The molecular weight excluding hydrogens is 454 g/mol. The van der Waals surface area contributed by atoms with Crippen molar-refractivity contribution in [2.75, 3.05) is 0 Å². The van der Waals surface area contributed by atoms with Crippen LogP contribution in [-0.4, -0.2) is 20.4 Å². The topological polar surface area (TPSA) is 116 Å². The highest BCUT2D eigenvalue weighted by Crippen LogP contribution is 2.47. The third-order valence-corrected chi connectivity index (χ3v) is 6.00. The SMILES string of the molecule is N#CC1=C(N)Oc2n[nH]c(-c3ccc(Cl)c(Cl)c3)c2C1c1cn[nH]c1-c1ccc(F)cc1. The summed E-state index contributed by atoms with van der Waals surface area (Å²) in [5.74, 6) is -0.824. The quantitative estimate of drug-likeness (QED) is 0.386. The molecule has 0 saturated carbocycles. The first-order valence-electron chi connectivity index (χ1n) is 9.38. The molecule has 0 bridgehead atoms. The molecule has 10 heteroatoms. The standard InChI is InChI=1S/C22H13Cl2FN6O/c23-15-6-3-11(7-16(15)24)20-18-17(13(8-26)21(27)32-22(18)31-30-20)14-9-28-29-19(14)10-1-4-12(25)5-2-10/h1-7,9,17H,27H2,(H,28,29)(H,30,31). The van der Waals surface area contributed by atoms with E-state index in [1.54, 1.807) is 36.5 Å². The van der Waals surface area contributed by atoms with Gasteiger partial charge in [-0.1, -0.05) is 29.3 Å². The van der Waals surface area contributed by atoms with Crippen LogP contribution in [-0.2, 0) is 0 Å². The van der Waals surface area contributed by atoms with Gasteiger partial charge in [-0.2, -0.15) is 10.4 Å². The summed E-state index contributed by atoms with van der Waals surface area (Å²) in [5, 5.41) is 25.0. The van der Waals surface area contributed by atoms with Gasteiger partial charge in [-0.25, -0.2) is 4.39 Å². The molecule has 2 aromatic carbocycles. The van der Waals surface area contributed by atoms with Crippen molar-refractivity contribution in [2.24, 2.45) is 5.73 Å². The van der Waals surface area contributed by atoms with E-state index in [9.17, 15) is 9.65 Å². The van der Waals surface area contributed by atoms with Gasteiger partial charge in [0.05, 0.1) is 39.1 Å². The van der Waals surface area contributed by atoms with Crippen LogP contribution in [0.4, 0.5) is 4.39 Å². The number of hydrogen-bond donors (Lipinski definition) is 3. The Kier molecular flexibility index (Phi) is 4.85. The second-order valence-corrected chi connectivity index (χ2v) is 7.89. The van der Waals surface area contributed by atoms with E-state index in [2.05, 4.69) is 26.5 Å². The summed E-state index contributed by atoms with van der Waals surface area (Å²) < 4.78 is 19.1. The number of fused-ring (bicyclic) bond motifs is 1. The first kappa shape index (κ1) is 20.1. The smallest absolute Gasteiger partial charge is 0.244 e. The zero-order valence-electron chi connectivity index (χ0n) is 16.2. The summed E-state index contributed by atoms with van der Waals surface area (Å²) in [6.45, 7) is 0. The van der Waals surface area contributed by atoms with E-state index in [0.717, 1.165) is 0 Å². The molecule has 4 N–H and O–H groups in total. The average molecular weight is 467 g/mol. The van der Waals surface area contributed by atoms with Crippen molar-refractivity contribution in [1.82, 2.24) is 20.4 Å². The molecular formula is C22H13Cl2FN6O. The number of halogens is 3. The number of allylic oxidation sites excluding steroid dienone is 1. The summed E-state index contributed by atoms with van der Waals surface area (Å²) in [5.41, 5.74) is 10.1. The number of benzene rings is 2. The monoisotopic (exact) mass is 466 g/mol. The van der Waals surface area contributed by atoms with E-state index in [-0.39, 0.29) is 23.2 Å². The average Bonchev–Trinajstić information content (AvgIpc) is 3.42. The van der Waals surface area contributed by atoms with Crippen molar-refractivity contribution >= 4 is 23.2 Å². The molecule has 0 aliphatic carbocycles. The fourth-order valence-electron chi connectivity index (χ4n) is 3.79. The highest BCUT2D eigenvalue weighted by Gasteiger charge is 2.37. The summed E-state index contributed by atoms with van der Waals surface area (Å²) in [4.78, 5) is 0. The second-order valence-electron chi connectivity index (χ2n) is 7.08. The van der Waals surface area contributed by atoms with Crippen molar-refractivity contribution in [3.8, 4) is 34.5 Å².